The van der Waals surface area contributed by atoms with Gasteiger partial charge in [0.15, 0.2) is 0 Å². The Labute approximate surface area is 143 Å². The monoisotopic (exact) mass is 328 g/mol. The van der Waals surface area contributed by atoms with E-state index in [4.69, 9.17) is 4.74 Å². The van der Waals surface area contributed by atoms with Crippen molar-refractivity contribution in [1.29, 1.82) is 0 Å². The molecule has 1 saturated heterocycles. The zero-order chi connectivity index (χ0) is 16.6. The molecule has 2 aromatic carbocycles. The second-order valence-corrected chi connectivity index (χ2v) is 6.13. The first-order chi connectivity index (χ1) is 11.9. The lowest BCUT2D eigenvalue weighted by Gasteiger charge is -2.35. The average molecular weight is 328 g/mol. The van der Waals surface area contributed by atoms with E-state index in [1.54, 1.807) is 0 Å². The molecule has 3 rings (SSSR count). The molecule has 1 aliphatic heterocycles. The molecule has 4 heteroatoms. The van der Waals surface area contributed by atoms with E-state index in [0.29, 0.717) is 13.0 Å². The number of halogens is 1. The first-order valence-electron chi connectivity index (χ1n) is 8.64. The van der Waals surface area contributed by atoms with Crippen LogP contribution in [0.4, 0.5) is 4.39 Å². The molecular weight excluding hydrogens is 303 g/mol. The molecule has 1 aliphatic rings. The largest absolute Gasteiger partial charge is 0.489 e. The Hall–Kier alpha value is -1.91. The van der Waals surface area contributed by atoms with Gasteiger partial charge in [0.25, 0.3) is 0 Å². The van der Waals surface area contributed by atoms with Crippen LogP contribution in [0.15, 0.2) is 54.6 Å². The summed E-state index contributed by atoms with van der Waals surface area (Å²) >= 11 is 0. The van der Waals surface area contributed by atoms with E-state index >= 15 is 0 Å². The second kappa shape index (κ2) is 8.81. The Morgan fingerprint density at radius 2 is 1.83 bits per heavy atom. The molecule has 0 aliphatic carbocycles. The molecule has 2 aromatic rings. The Morgan fingerprint density at radius 1 is 1.04 bits per heavy atom. The number of benzene rings is 2. The van der Waals surface area contributed by atoms with E-state index in [1.807, 2.05) is 30.3 Å². The van der Waals surface area contributed by atoms with Crippen LogP contribution in [0.25, 0.3) is 0 Å². The van der Waals surface area contributed by atoms with E-state index in [9.17, 15) is 4.39 Å². The number of rotatable bonds is 7. The highest BCUT2D eigenvalue weighted by Gasteiger charge is 2.22. The molecule has 1 heterocycles. The number of hydrogen-bond acceptors (Lipinski definition) is 3. The van der Waals surface area contributed by atoms with Crippen LogP contribution in [0, 0.1) is 0 Å². The topological polar surface area (TPSA) is 24.5 Å². The first-order valence-corrected chi connectivity index (χ1v) is 8.64. The van der Waals surface area contributed by atoms with Crippen molar-refractivity contribution in [3.05, 3.63) is 65.7 Å². The van der Waals surface area contributed by atoms with Gasteiger partial charge in [-0.3, -0.25) is 9.29 Å². The molecule has 1 atom stereocenters. The van der Waals surface area contributed by atoms with Crippen LogP contribution in [0.5, 0.6) is 5.75 Å². The van der Waals surface area contributed by atoms with Crippen molar-refractivity contribution in [2.75, 3.05) is 32.9 Å². The maximum absolute atomic E-state index is 13.1. The van der Waals surface area contributed by atoms with Crippen molar-refractivity contribution in [2.24, 2.45) is 0 Å². The van der Waals surface area contributed by atoms with Crippen LogP contribution in [0.1, 0.15) is 23.6 Å². The highest BCUT2D eigenvalue weighted by molar-refractivity contribution is 5.31. The van der Waals surface area contributed by atoms with Crippen LogP contribution < -0.4 is 10.1 Å². The van der Waals surface area contributed by atoms with Crippen molar-refractivity contribution in [3.63, 3.8) is 0 Å². The maximum Gasteiger partial charge on any atom is 0.120 e. The standard InChI is InChI=1S/C20H25FN2O/c21-10-9-20(23-13-11-22-12-14-23)18-7-4-8-19(15-18)24-16-17-5-2-1-3-6-17/h1-8,15,20,22H,9-14,16H2/t20-/m1/s1. The molecule has 0 amide bonds. The third-order valence-electron chi connectivity index (χ3n) is 4.47. The summed E-state index contributed by atoms with van der Waals surface area (Å²) in [6.45, 7) is 4.09. The van der Waals surface area contributed by atoms with Crippen molar-refractivity contribution < 1.29 is 9.13 Å². The first kappa shape index (κ1) is 16.9. The van der Waals surface area contributed by atoms with Crippen LogP contribution in [0.3, 0.4) is 0 Å². The van der Waals surface area contributed by atoms with Crippen LogP contribution >= 0.6 is 0 Å². The fraction of sp³-hybridized carbons (Fsp3) is 0.400. The number of hydrogen-bond donors (Lipinski definition) is 1. The molecule has 0 unspecified atom stereocenters. The Kier molecular flexibility index (Phi) is 6.21. The Morgan fingerprint density at radius 3 is 2.58 bits per heavy atom. The second-order valence-electron chi connectivity index (χ2n) is 6.13. The van der Waals surface area contributed by atoms with Gasteiger partial charge in [0.05, 0.1) is 6.67 Å². The lowest BCUT2D eigenvalue weighted by Crippen LogP contribution is -2.45. The fourth-order valence-corrected chi connectivity index (χ4v) is 3.21. The van der Waals surface area contributed by atoms with Crippen LogP contribution in [0.2, 0.25) is 0 Å². The normalized spacial score (nSPS) is 16.7. The van der Waals surface area contributed by atoms with Crippen molar-refractivity contribution in [3.8, 4) is 5.75 Å². The van der Waals surface area contributed by atoms with Gasteiger partial charge in [-0.15, -0.1) is 0 Å². The number of piperazine rings is 1. The van der Waals surface area contributed by atoms with Gasteiger partial charge < -0.3 is 10.1 Å². The predicted octanol–water partition coefficient (Wildman–Crippen LogP) is 3.57. The molecule has 128 valence electrons. The summed E-state index contributed by atoms with van der Waals surface area (Å²) in [4.78, 5) is 2.37. The number of ether oxygens (including phenoxy) is 1. The van der Waals surface area contributed by atoms with Gasteiger partial charge in [-0.2, -0.15) is 0 Å². The van der Waals surface area contributed by atoms with E-state index < -0.39 is 0 Å². The van der Waals surface area contributed by atoms with Crippen molar-refractivity contribution >= 4 is 0 Å². The van der Waals surface area contributed by atoms with Crippen molar-refractivity contribution in [1.82, 2.24) is 10.2 Å². The molecule has 1 N–H and O–H groups in total. The quantitative estimate of drug-likeness (QED) is 0.841. The highest BCUT2D eigenvalue weighted by Crippen LogP contribution is 2.28. The lowest BCUT2D eigenvalue weighted by atomic mass is 10.0. The SMILES string of the molecule is FCC[C@H](c1cccc(OCc2ccccc2)c1)N1CCNCC1. The van der Waals surface area contributed by atoms with E-state index in [-0.39, 0.29) is 12.7 Å². The Balaban J connectivity index is 1.69. The average Bonchev–Trinajstić information content (AvgIpc) is 2.66. The smallest absolute Gasteiger partial charge is 0.120 e. The summed E-state index contributed by atoms with van der Waals surface area (Å²) in [5.41, 5.74) is 2.28. The molecule has 0 bridgehead atoms. The summed E-state index contributed by atoms with van der Waals surface area (Å²) in [5.74, 6) is 0.843. The summed E-state index contributed by atoms with van der Waals surface area (Å²) in [5, 5.41) is 3.35. The van der Waals surface area contributed by atoms with E-state index in [0.717, 1.165) is 43.1 Å². The van der Waals surface area contributed by atoms with Gasteiger partial charge in [-0.1, -0.05) is 42.5 Å². The molecular formula is C20H25FN2O. The predicted molar refractivity (Wildman–Crippen MR) is 95.0 cm³/mol. The third-order valence-corrected chi connectivity index (χ3v) is 4.47. The zero-order valence-electron chi connectivity index (χ0n) is 14.0. The summed E-state index contributed by atoms with van der Waals surface area (Å²) in [7, 11) is 0. The van der Waals surface area contributed by atoms with Crippen molar-refractivity contribution in [2.45, 2.75) is 19.1 Å². The number of nitrogens with one attached hydrogen (secondary N) is 1. The summed E-state index contributed by atoms with van der Waals surface area (Å²) < 4.78 is 19.0. The van der Waals surface area contributed by atoms with E-state index in [1.165, 1.54) is 0 Å². The minimum Gasteiger partial charge on any atom is -0.489 e. The van der Waals surface area contributed by atoms with Crippen LogP contribution in [-0.2, 0) is 6.61 Å². The molecule has 0 saturated carbocycles. The molecule has 1 fully saturated rings. The third kappa shape index (κ3) is 4.56. The number of alkyl halides is 1. The van der Waals surface area contributed by atoms with Gasteiger partial charge in [0.2, 0.25) is 0 Å². The minimum absolute atomic E-state index is 0.123. The molecule has 0 radical (unpaired) electrons. The number of nitrogens with zero attached hydrogens (tertiary/aromatic N) is 1. The minimum atomic E-state index is -0.302. The lowest BCUT2D eigenvalue weighted by molar-refractivity contribution is 0.157. The molecule has 24 heavy (non-hydrogen) atoms. The van der Waals surface area contributed by atoms with Gasteiger partial charge in [-0.05, 0) is 29.7 Å². The Bertz CT molecular complexity index is 614. The van der Waals surface area contributed by atoms with Gasteiger partial charge in [-0.25, -0.2) is 0 Å². The molecule has 0 spiro atoms. The van der Waals surface area contributed by atoms with Gasteiger partial charge in [0.1, 0.15) is 12.4 Å². The highest BCUT2D eigenvalue weighted by atomic mass is 19.1. The van der Waals surface area contributed by atoms with Gasteiger partial charge in [0, 0.05) is 32.2 Å². The zero-order valence-corrected chi connectivity index (χ0v) is 14.0. The molecule has 3 nitrogen and oxygen atoms in total. The van der Waals surface area contributed by atoms with E-state index in [2.05, 4.69) is 34.5 Å². The summed E-state index contributed by atoms with van der Waals surface area (Å²) in [6.07, 6.45) is 0.530. The van der Waals surface area contributed by atoms with Gasteiger partial charge >= 0.3 is 0 Å². The van der Waals surface area contributed by atoms with Crippen LogP contribution in [-0.4, -0.2) is 37.8 Å². The summed E-state index contributed by atoms with van der Waals surface area (Å²) in [6, 6.07) is 18.4. The molecule has 0 aromatic heterocycles. The maximum atomic E-state index is 13.1. The fourth-order valence-electron chi connectivity index (χ4n) is 3.21.